The molecule has 1 atom stereocenters. The fourth-order valence-corrected chi connectivity index (χ4v) is 4.86. The highest BCUT2D eigenvalue weighted by molar-refractivity contribution is 7.17. The normalized spacial score (nSPS) is 16.3. The van der Waals surface area contributed by atoms with Crippen LogP contribution in [0.3, 0.4) is 0 Å². The Balaban J connectivity index is 1.73. The number of thiazole rings is 1. The lowest BCUT2D eigenvalue weighted by Gasteiger charge is -2.38. The van der Waals surface area contributed by atoms with Gasteiger partial charge in [0.05, 0.1) is 18.0 Å². The van der Waals surface area contributed by atoms with Crippen LogP contribution in [0.4, 0.5) is 0 Å². The summed E-state index contributed by atoms with van der Waals surface area (Å²) in [6, 6.07) is 7.75. The zero-order valence-corrected chi connectivity index (χ0v) is 17.6. The molecule has 8 nitrogen and oxygen atoms in total. The van der Waals surface area contributed by atoms with Gasteiger partial charge in [-0.25, -0.2) is 4.98 Å². The third-order valence-corrected chi connectivity index (χ3v) is 6.44. The van der Waals surface area contributed by atoms with Gasteiger partial charge in [-0.15, -0.1) is 5.10 Å². The molecule has 0 aliphatic carbocycles. The van der Waals surface area contributed by atoms with E-state index in [0.29, 0.717) is 23.9 Å². The first-order chi connectivity index (χ1) is 14.0. The molecule has 2 aromatic heterocycles. The SMILES string of the molecule is CCc1nc2sc(C(c3ccc(OC)cc3)N3CCN(C(C)=O)CC3)c(O)n2n1. The fourth-order valence-electron chi connectivity index (χ4n) is 3.73. The van der Waals surface area contributed by atoms with Crippen molar-refractivity contribution in [3.05, 3.63) is 40.5 Å². The summed E-state index contributed by atoms with van der Waals surface area (Å²) in [4.78, 5) is 21.9. The summed E-state index contributed by atoms with van der Waals surface area (Å²) in [6.07, 6.45) is 0.720. The Morgan fingerprint density at radius 1 is 1.24 bits per heavy atom. The average molecular weight is 416 g/mol. The van der Waals surface area contributed by atoms with E-state index in [2.05, 4.69) is 15.0 Å². The number of hydrogen-bond donors (Lipinski definition) is 1. The molecule has 9 heteroatoms. The molecule has 154 valence electrons. The molecule has 0 radical (unpaired) electrons. The van der Waals surface area contributed by atoms with Crippen molar-refractivity contribution in [1.82, 2.24) is 24.4 Å². The smallest absolute Gasteiger partial charge is 0.230 e. The van der Waals surface area contributed by atoms with E-state index in [-0.39, 0.29) is 17.8 Å². The van der Waals surface area contributed by atoms with Gasteiger partial charge in [-0.2, -0.15) is 4.52 Å². The summed E-state index contributed by atoms with van der Waals surface area (Å²) in [5.41, 5.74) is 1.05. The van der Waals surface area contributed by atoms with E-state index < -0.39 is 0 Å². The summed E-state index contributed by atoms with van der Waals surface area (Å²) in [5, 5.41) is 15.4. The molecule has 1 aliphatic rings. The molecule has 29 heavy (non-hydrogen) atoms. The van der Waals surface area contributed by atoms with Gasteiger partial charge >= 0.3 is 0 Å². The van der Waals surface area contributed by atoms with Crippen molar-refractivity contribution in [3.8, 4) is 11.6 Å². The van der Waals surface area contributed by atoms with Crippen molar-refractivity contribution < 1.29 is 14.6 Å². The number of benzene rings is 1. The molecule has 0 bridgehead atoms. The molecule has 3 aromatic rings. The van der Waals surface area contributed by atoms with Gasteiger partial charge in [-0.3, -0.25) is 9.69 Å². The predicted molar refractivity (Wildman–Crippen MR) is 111 cm³/mol. The second kappa shape index (κ2) is 8.00. The topological polar surface area (TPSA) is 83.2 Å². The van der Waals surface area contributed by atoms with Gasteiger partial charge in [0.1, 0.15) is 5.75 Å². The minimum atomic E-state index is -0.145. The van der Waals surface area contributed by atoms with Gasteiger partial charge in [0.25, 0.3) is 0 Å². The van der Waals surface area contributed by atoms with Crippen LogP contribution in [0, 0.1) is 0 Å². The van der Waals surface area contributed by atoms with Crippen LogP contribution < -0.4 is 4.74 Å². The van der Waals surface area contributed by atoms with Crippen LogP contribution in [0.5, 0.6) is 11.6 Å². The molecule has 0 spiro atoms. The number of ether oxygens (including phenoxy) is 1. The van der Waals surface area contributed by atoms with E-state index in [0.717, 1.165) is 35.7 Å². The van der Waals surface area contributed by atoms with Crippen LogP contribution in [0.15, 0.2) is 24.3 Å². The van der Waals surface area contributed by atoms with Crippen LogP contribution in [0.25, 0.3) is 4.96 Å². The average Bonchev–Trinajstić information content (AvgIpc) is 3.28. The number of fused-ring (bicyclic) bond motifs is 1. The van der Waals surface area contributed by atoms with E-state index in [1.54, 1.807) is 14.0 Å². The fraction of sp³-hybridized carbons (Fsp3) is 0.450. The zero-order valence-electron chi connectivity index (χ0n) is 16.8. The van der Waals surface area contributed by atoms with Crippen LogP contribution >= 0.6 is 11.3 Å². The standard InChI is InChI=1S/C20H25N5O3S/c1-4-16-21-20-25(22-16)19(27)18(29-20)17(14-5-7-15(28-3)8-6-14)24-11-9-23(10-12-24)13(2)26/h5-8,17,27H,4,9-12H2,1-3H3. The summed E-state index contributed by atoms with van der Waals surface area (Å²) < 4.78 is 6.83. The maximum atomic E-state index is 11.7. The van der Waals surface area contributed by atoms with E-state index in [1.807, 2.05) is 36.1 Å². The van der Waals surface area contributed by atoms with Gasteiger partial charge in [0, 0.05) is 39.5 Å². The largest absolute Gasteiger partial charge is 0.497 e. The maximum absolute atomic E-state index is 11.7. The molecule has 1 fully saturated rings. The number of amides is 1. The second-order valence-corrected chi connectivity index (χ2v) is 8.09. The van der Waals surface area contributed by atoms with Gasteiger partial charge in [-0.05, 0) is 17.7 Å². The Hall–Kier alpha value is -2.65. The van der Waals surface area contributed by atoms with Crippen LogP contribution in [0.2, 0.25) is 0 Å². The van der Waals surface area contributed by atoms with Crippen LogP contribution in [-0.2, 0) is 11.2 Å². The van der Waals surface area contributed by atoms with Crippen LogP contribution in [0.1, 0.15) is 36.2 Å². The van der Waals surface area contributed by atoms with E-state index in [1.165, 1.54) is 15.9 Å². The zero-order chi connectivity index (χ0) is 20.5. The Morgan fingerprint density at radius 3 is 2.48 bits per heavy atom. The van der Waals surface area contributed by atoms with E-state index in [9.17, 15) is 9.90 Å². The lowest BCUT2D eigenvalue weighted by Crippen LogP contribution is -2.49. The highest BCUT2D eigenvalue weighted by Crippen LogP contribution is 2.40. The molecule has 1 aliphatic heterocycles. The Labute approximate surface area is 173 Å². The maximum Gasteiger partial charge on any atom is 0.230 e. The number of carbonyl (C=O) groups is 1. The number of aromatic hydroxyl groups is 1. The number of carbonyl (C=O) groups excluding carboxylic acids is 1. The van der Waals surface area contributed by atoms with E-state index in [4.69, 9.17) is 4.74 Å². The van der Waals surface area contributed by atoms with E-state index >= 15 is 0 Å². The molecular weight excluding hydrogens is 390 g/mol. The predicted octanol–water partition coefficient (Wildman–Crippen LogP) is 2.32. The minimum Gasteiger partial charge on any atom is -0.497 e. The number of hydrogen-bond acceptors (Lipinski definition) is 7. The first-order valence-corrected chi connectivity index (χ1v) is 10.5. The highest BCUT2D eigenvalue weighted by atomic mass is 32.1. The summed E-state index contributed by atoms with van der Waals surface area (Å²) in [5.74, 6) is 1.73. The lowest BCUT2D eigenvalue weighted by atomic mass is 10.0. The highest BCUT2D eigenvalue weighted by Gasteiger charge is 2.32. The third kappa shape index (κ3) is 3.67. The molecular formula is C20H25N5O3S. The summed E-state index contributed by atoms with van der Waals surface area (Å²) >= 11 is 1.46. The monoisotopic (exact) mass is 415 g/mol. The molecule has 3 heterocycles. The molecule has 1 unspecified atom stereocenters. The van der Waals surface area contributed by atoms with Gasteiger partial charge in [-0.1, -0.05) is 30.4 Å². The molecule has 0 saturated carbocycles. The molecule has 1 amide bonds. The van der Waals surface area contributed by atoms with Gasteiger partial charge < -0.3 is 14.7 Å². The summed E-state index contributed by atoms with van der Waals surface area (Å²) in [7, 11) is 1.64. The van der Waals surface area contributed by atoms with Crippen molar-refractivity contribution in [2.75, 3.05) is 33.3 Å². The molecule has 1 saturated heterocycles. The Bertz CT molecular complexity index is 1010. The minimum absolute atomic E-state index is 0.0967. The summed E-state index contributed by atoms with van der Waals surface area (Å²) in [6.45, 7) is 6.39. The number of aromatic nitrogens is 3. The first kappa shape index (κ1) is 19.7. The Kier molecular flexibility index (Phi) is 5.42. The van der Waals surface area contributed by atoms with Crippen molar-refractivity contribution >= 4 is 22.2 Å². The Morgan fingerprint density at radius 2 is 1.93 bits per heavy atom. The van der Waals surface area contributed by atoms with Gasteiger partial charge in [0.15, 0.2) is 5.82 Å². The quantitative estimate of drug-likeness (QED) is 0.689. The first-order valence-electron chi connectivity index (χ1n) is 9.72. The number of piperazine rings is 1. The van der Waals surface area contributed by atoms with Crippen LogP contribution in [-0.4, -0.2) is 68.7 Å². The third-order valence-electron chi connectivity index (χ3n) is 5.36. The van der Waals surface area contributed by atoms with Crippen molar-refractivity contribution in [1.29, 1.82) is 0 Å². The molecule has 1 aromatic carbocycles. The number of aryl methyl sites for hydroxylation is 1. The van der Waals surface area contributed by atoms with Gasteiger partial charge in [0.2, 0.25) is 16.7 Å². The van der Waals surface area contributed by atoms with Crippen molar-refractivity contribution in [3.63, 3.8) is 0 Å². The lowest BCUT2D eigenvalue weighted by molar-refractivity contribution is -0.130. The van der Waals surface area contributed by atoms with Crippen molar-refractivity contribution in [2.45, 2.75) is 26.3 Å². The second-order valence-electron chi connectivity index (χ2n) is 7.08. The van der Waals surface area contributed by atoms with Crippen molar-refractivity contribution in [2.24, 2.45) is 0 Å². The number of rotatable bonds is 5. The molecule has 4 rings (SSSR count). The molecule has 1 N–H and O–H groups in total. The number of nitrogens with zero attached hydrogens (tertiary/aromatic N) is 5. The number of methoxy groups -OCH3 is 1.